The van der Waals surface area contributed by atoms with Crippen molar-refractivity contribution in [2.45, 2.75) is 25.3 Å². The Kier molecular flexibility index (Phi) is 5.53. The Balaban J connectivity index is 1.63. The molecule has 1 saturated heterocycles. The van der Waals surface area contributed by atoms with Crippen LogP contribution in [0.1, 0.15) is 30.2 Å². The minimum absolute atomic E-state index is 0.0638. The third kappa shape index (κ3) is 3.97. The van der Waals surface area contributed by atoms with Gasteiger partial charge in [0.2, 0.25) is 5.91 Å². The zero-order valence-electron chi connectivity index (χ0n) is 13.4. The number of hydrogen-bond donors (Lipinski definition) is 2. The molecule has 0 bridgehead atoms. The van der Waals surface area contributed by atoms with Crippen molar-refractivity contribution in [3.8, 4) is 0 Å². The van der Waals surface area contributed by atoms with Crippen LogP contribution in [0.3, 0.4) is 0 Å². The van der Waals surface area contributed by atoms with Crippen LogP contribution < -0.4 is 10.2 Å². The predicted molar refractivity (Wildman–Crippen MR) is 89.5 cm³/mol. The molecule has 1 aromatic heterocycles. The van der Waals surface area contributed by atoms with E-state index in [9.17, 15) is 9.18 Å². The van der Waals surface area contributed by atoms with E-state index in [1.807, 2.05) is 12.1 Å². The van der Waals surface area contributed by atoms with E-state index in [2.05, 4.69) is 5.32 Å². The molecule has 128 valence electrons. The Labute approximate surface area is 145 Å². The summed E-state index contributed by atoms with van der Waals surface area (Å²) in [7, 11) is 0. The van der Waals surface area contributed by atoms with Crippen LogP contribution in [0.2, 0.25) is 5.02 Å². The van der Waals surface area contributed by atoms with Crippen molar-refractivity contribution in [1.29, 1.82) is 0 Å². The lowest BCUT2D eigenvalue weighted by Crippen LogP contribution is -3.11. The SMILES string of the molecule is O=C(Cc1c(F)cccc1Cl)NC[C@@H](c1ccco1)[NH+]1CCCC1. The van der Waals surface area contributed by atoms with E-state index in [0.29, 0.717) is 6.54 Å². The van der Waals surface area contributed by atoms with Crippen LogP contribution >= 0.6 is 11.6 Å². The van der Waals surface area contributed by atoms with Crippen LogP contribution in [0.25, 0.3) is 0 Å². The number of hydrogen-bond acceptors (Lipinski definition) is 2. The molecular formula is C18H21ClFN2O2+. The van der Waals surface area contributed by atoms with Gasteiger partial charge < -0.3 is 14.6 Å². The van der Waals surface area contributed by atoms with Crippen LogP contribution in [0, 0.1) is 5.82 Å². The number of halogens is 2. The van der Waals surface area contributed by atoms with Gasteiger partial charge in [-0.25, -0.2) is 4.39 Å². The van der Waals surface area contributed by atoms with E-state index >= 15 is 0 Å². The summed E-state index contributed by atoms with van der Waals surface area (Å²) in [4.78, 5) is 13.6. The summed E-state index contributed by atoms with van der Waals surface area (Å²) in [5, 5.41) is 3.18. The van der Waals surface area contributed by atoms with Gasteiger partial charge in [0, 0.05) is 23.4 Å². The highest BCUT2D eigenvalue weighted by molar-refractivity contribution is 6.31. The molecule has 1 aliphatic heterocycles. The number of benzene rings is 1. The summed E-state index contributed by atoms with van der Waals surface area (Å²) in [5.74, 6) is 0.179. The normalized spacial score (nSPS) is 16.2. The minimum Gasteiger partial charge on any atom is -0.463 e. The number of carbonyl (C=O) groups excluding carboxylic acids is 1. The van der Waals surface area contributed by atoms with Gasteiger partial charge >= 0.3 is 0 Å². The van der Waals surface area contributed by atoms with E-state index in [1.54, 1.807) is 12.3 Å². The topological polar surface area (TPSA) is 46.7 Å². The van der Waals surface area contributed by atoms with Gasteiger partial charge in [-0.2, -0.15) is 0 Å². The Morgan fingerprint density at radius 1 is 1.29 bits per heavy atom. The summed E-state index contributed by atoms with van der Waals surface area (Å²) in [6.07, 6.45) is 3.96. The van der Waals surface area contributed by atoms with Crippen LogP contribution in [0.5, 0.6) is 0 Å². The van der Waals surface area contributed by atoms with Gasteiger partial charge in [-0.05, 0) is 24.3 Å². The molecule has 0 aliphatic carbocycles. The minimum atomic E-state index is -0.453. The first-order chi connectivity index (χ1) is 11.6. The fourth-order valence-electron chi connectivity index (χ4n) is 3.25. The first kappa shape index (κ1) is 17.0. The van der Waals surface area contributed by atoms with Gasteiger partial charge in [0.25, 0.3) is 0 Å². The highest BCUT2D eigenvalue weighted by Gasteiger charge is 2.29. The van der Waals surface area contributed by atoms with E-state index in [0.717, 1.165) is 18.8 Å². The monoisotopic (exact) mass is 351 g/mol. The molecule has 2 heterocycles. The largest absolute Gasteiger partial charge is 0.463 e. The molecule has 6 heteroatoms. The first-order valence-corrected chi connectivity index (χ1v) is 8.60. The number of amides is 1. The zero-order valence-corrected chi connectivity index (χ0v) is 14.1. The highest BCUT2D eigenvalue weighted by Crippen LogP contribution is 2.19. The van der Waals surface area contributed by atoms with Crippen molar-refractivity contribution in [1.82, 2.24) is 5.32 Å². The molecule has 4 nitrogen and oxygen atoms in total. The smallest absolute Gasteiger partial charge is 0.224 e. The summed E-state index contributed by atoms with van der Waals surface area (Å²) in [6.45, 7) is 2.61. The molecule has 24 heavy (non-hydrogen) atoms. The number of quaternary nitrogens is 1. The average Bonchev–Trinajstić information content (AvgIpc) is 3.25. The molecular weight excluding hydrogens is 331 g/mol. The van der Waals surface area contributed by atoms with E-state index in [1.165, 1.54) is 29.9 Å². The van der Waals surface area contributed by atoms with Gasteiger partial charge in [-0.15, -0.1) is 0 Å². The molecule has 1 fully saturated rings. The number of likely N-dealkylation sites (tertiary alicyclic amines) is 1. The summed E-state index contributed by atoms with van der Waals surface area (Å²) < 4.78 is 19.3. The zero-order chi connectivity index (χ0) is 16.9. The Morgan fingerprint density at radius 2 is 2.08 bits per heavy atom. The third-order valence-electron chi connectivity index (χ3n) is 4.53. The van der Waals surface area contributed by atoms with Crippen molar-refractivity contribution in [3.63, 3.8) is 0 Å². The van der Waals surface area contributed by atoms with Crippen LogP contribution in [-0.4, -0.2) is 25.5 Å². The highest BCUT2D eigenvalue weighted by atomic mass is 35.5. The Hall–Kier alpha value is -1.85. The lowest BCUT2D eigenvalue weighted by Gasteiger charge is -2.23. The molecule has 1 aliphatic rings. The second-order valence-electron chi connectivity index (χ2n) is 6.11. The Bertz CT molecular complexity index is 664. The number of nitrogens with one attached hydrogen (secondary N) is 2. The number of rotatable bonds is 6. The quantitative estimate of drug-likeness (QED) is 0.837. The van der Waals surface area contributed by atoms with Gasteiger partial charge in [-0.3, -0.25) is 4.79 Å². The maximum Gasteiger partial charge on any atom is 0.224 e. The first-order valence-electron chi connectivity index (χ1n) is 8.22. The third-order valence-corrected chi connectivity index (χ3v) is 4.88. The van der Waals surface area contributed by atoms with Crippen LogP contribution in [0.15, 0.2) is 41.0 Å². The van der Waals surface area contributed by atoms with Gasteiger partial charge in [0.1, 0.15) is 5.82 Å². The molecule has 3 rings (SSSR count). The van der Waals surface area contributed by atoms with Gasteiger partial charge in [0.05, 0.1) is 32.3 Å². The average molecular weight is 352 g/mol. The standard InChI is InChI=1S/C18H20ClFN2O2/c19-14-5-3-6-15(20)13(14)11-18(23)21-12-16(17-7-4-10-24-17)22-8-1-2-9-22/h3-7,10,16H,1-2,8-9,11-12H2,(H,21,23)/p+1/t16-/m0/s1. The molecule has 0 radical (unpaired) electrons. The van der Waals surface area contributed by atoms with Gasteiger partial charge in [0.15, 0.2) is 11.8 Å². The summed E-state index contributed by atoms with van der Waals surface area (Å²) >= 11 is 5.98. The maximum atomic E-state index is 13.8. The fourth-order valence-corrected chi connectivity index (χ4v) is 3.48. The Morgan fingerprint density at radius 3 is 2.75 bits per heavy atom. The van der Waals surface area contributed by atoms with Crippen molar-refractivity contribution >= 4 is 17.5 Å². The lowest BCUT2D eigenvalue weighted by atomic mass is 10.1. The van der Waals surface area contributed by atoms with Crippen molar-refractivity contribution < 1.29 is 18.5 Å². The summed E-state index contributed by atoms with van der Waals surface area (Å²) in [5.41, 5.74) is 0.236. The van der Waals surface area contributed by atoms with E-state index in [-0.39, 0.29) is 29.0 Å². The van der Waals surface area contributed by atoms with Crippen molar-refractivity contribution in [3.05, 3.63) is 58.8 Å². The van der Waals surface area contributed by atoms with Crippen molar-refractivity contribution in [2.75, 3.05) is 19.6 Å². The number of carbonyl (C=O) groups is 1. The number of furan rings is 1. The lowest BCUT2D eigenvalue weighted by molar-refractivity contribution is -0.919. The second kappa shape index (κ2) is 7.81. The molecule has 1 amide bonds. The van der Waals surface area contributed by atoms with Crippen LogP contribution in [0.4, 0.5) is 4.39 Å². The molecule has 1 atom stereocenters. The molecule has 0 unspecified atom stereocenters. The molecule has 0 spiro atoms. The van der Waals surface area contributed by atoms with Crippen molar-refractivity contribution in [2.24, 2.45) is 0 Å². The predicted octanol–water partition coefficient (Wildman–Crippen LogP) is 2.15. The maximum absolute atomic E-state index is 13.8. The fraction of sp³-hybridized carbons (Fsp3) is 0.389. The van der Waals surface area contributed by atoms with E-state index in [4.69, 9.17) is 16.0 Å². The molecule has 2 N–H and O–H groups in total. The van der Waals surface area contributed by atoms with Gasteiger partial charge in [-0.1, -0.05) is 17.7 Å². The van der Waals surface area contributed by atoms with Crippen LogP contribution in [-0.2, 0) is 11.2 Å². The second-order valence-corrected chi connectivity index (χ2v) is 6.52. The molecule has 1 aromatic carbocycles. The van der Waals surface area contributed by atoms with E-state index < -0.39 is 5.82 Å². The molecule has 0 saturated carbocycles. The molecule has 2 aromatic rings. The summed E-state index contributed by atoms with van der Waals surface area (Å²) in [6, 6.07) is 8.32.